The van der Waals surface area contributed by atoms with Crippen LogP contribution in [-0.2, 0) is 11.2 Å². The molecule has 0 radical (unpaired) electrons. The number of fused-ring (bicyclic) bond motifs is 4. The van der Waals surface area contributed by atoms with Crippen LogP contribution < -0.4 is 4.74 Å². The second-order valence-corrected chi connectivity index (χ2v) is 10.1. The smallest absolute Gasteiger partial charge is 0.328 e. The number of aliphatic hydroxyl groups excluding tert-OH is 1. The molecule has 5 rings (SSSR count). The van der Waals surface area contributed by atoms with Gasteiger partial charge in [-0.15, -0.1) is 0 Å². The molecular formula is C28H34N4O5. The number of phenols is 1. The van der Waals surface area contributed by atoms with Gasteiger partial charge in [-0.1, -0.05) is 12.1 Å². The van der Waals surface area contributed by atoms with E-state index in [1.807, 2.05) is 50.1 Å². The number of H-pyrrole nitrogens is 1. The first-order valence-electron chi connectivity index (χ1n) is 12.8. The predicted molar refractivity (Wildman–Crippen MR) is 140 cm³/mol. The first kappa shape index (κ1) is 25.1. The maximum atomic E-state index is 13.9. The summed E-state index contributed by atoms with van der Waals surface area (Å²) < 4.78 is 5.74. The Morgan fingerprint density at radius 3 is 2.73 bits per heavy atom. The van der Waals surface area contributed by atoms with Gasteiger partial charge in [-0.25, -0.2) is 4.79 Å². The molecule has 9 heteroatoms. The maximum Gasteiger partial charge on any atom is 0.328 e. The number of imide groups is 1. The van der Waals surface area contributed by atoms with Gasteiger partial charge in [0.25, 0.3) is 5.91 Å². The van der Waals surface area contributed by atoms with E-state index in [1.54, 1.807) is 23.1 Å². The number of urea groups is 1. The second kappa shape index (κ2) is 9.72. The Morgan fingerprint density at radius 2 is 2.00 bits per heavy atom. The quantitative estimate of drug-likeness (QED) is 0.385. The van der Waals surface area contributed by atoms with Crippen molar-refractivity contribution in [3.63, 3.8) is 0 Å². The second-order valence-electron chi connectivity index (χ2n) is 10.1. The highest BCUT2D eigenvalue weighted by atomic mass is 16.5. The van der Waals surface area contributed by atoms with E-state index < -0.39 is 11.6 Å². The van der Waals surface area contributed by atoms with Gasteiger partial charge < -0.3 is 24.8 Å². The zero-order valence-corrected chi connectivity index (χ0v) is 21.5. The molecule has 0 bridgehead atoms. The lowest BCUT2D eigenvalue weighted by atomic mass is 9.81. The number of amides is 3. The number of nitrogens with one attached hydrogen (secondary N) is 1. The number of ether oxygens (including phenoxy) is 1. The Bertz CT molecular complexity index is 1340. The third-order valence-corrected chi connectivity index (χ3v) is 7.54. The average Bonchev–Trinajstić information content (AvgIpc) is 3.30. The van der Waals surface area contributed by atoms with Crippen LogP contribution in [0.4, 0.5) is 4.79 Å². The molecule has 0 unspecified atom stereocenters. The number of carbonyl (C=O) groups is 2. The van der Waals surface area contributed by atoms with Gasteiger partial charge in [-0.3, -0.25) is 14.6 Å². The summed E-state index contributed by atoms with van der Waals surface area (Å²) >= 11 is 0. The molecular weight excluding hydrogens is 472 g/mol. The zero-order chi connectivity index (χ0) is 26.3. The van der Waals surface area contributed by atoms with Crippen molar-refractivity contribution in [3.8, 4) is 11.5 Å². The summed E-state index contributed by atoms with van der Waals surface area (Å²) in [4.78, 5) is 36.3. The van der Waals surface area contributed by atoms with E-state index in [-0.39, 0.29) is 24.3 Å². The Hall–Kier alpha value is -3.56. The highest BCUT2D eigenvalue weighted by Crippen LogP contribution is 2.49. The first-order chi connectivity index (χ1) is 17.8. The summed E-state index contributed by atoms with van der Waals surface area (Å²) in [5.74, 6) is 0.636. The number of aromatic hydroxyl groups is 1. The summed E-state index contributed by atoms with van der Waals surface area (Å²) in [7, 11) is 1.90. The van der Waals surface area contributed by atoms with E-state index in [0.29, 0.717) is 39.1 Å². The minimum Gasteiger partial charge on any atom is -0.508 e. The van der Waals surface area contributed by atoms with E-state index >= 15 is 0 Å². The molecule has 3 N–H and O–H groups in total. The number of phenolic OH excluding ortho intramolecular Hbond substituents is 1. The zero-order valence-electron chi connectivity index (χ0n) is 21.5. The van der Waals surface area contributed by atoms with Crippen LogP contribution in [0.2, 0.25) is 0 Å². The molecule has 3 aromatic rings. The molecule has 1 aromatic heterocycles. The van der Waals surface area contributed by atoms with Crippen molar-refractivity contribution in [3.05, 3.63) is 59.3 Å². The number of aliphatic hydroxyl groups is 1. The van der Waals surface area contributed by atoms with Crippen molar-refractivity contribution in [2.45, 2.75) is 38.3 Å². The lowest BCUT2D eigenvalue weighted by Crippen LogP contribution is -2.53. The molecule has 1 saturated heterocycles. The van der Waals surface area contributed by atoms with Crippen LogP contribution in [0.25, 0.3) is 10.9 Å². The lowest BCUT2D eigenvalue weighted by molar-refractivity contribution is -0.133. The fourth-order valence-electron chi connectivity index (χ4n) is 5.77. The van der Waals surface area contributed by atoms with E-state index in [9.17, 15) is 14.7 Å². The summed E-state index contributed by atoms with van der Waals surface area (Å²) in [6, 6.07) is 11.8. The van der Waals surface area contributed by atoms with Gasteiger partial charge in [0.1, 0.15) is 23.1 Å². The van der Waals surface area contributed by atoms with Gasteiger partial charge in [-0.05, 0) is 75.3 Å². The standard InChI is InChI=1S/C28H34N4O5/c1-4-37-20-9-10-23-21(16-20)22-17-28(2)26(35)31(12-6-11-30(3)13-14-33)27(36)32(28)25(24(22)29-23)18-7-5-8-19(34)15-18/h5,7-10,15-16,25,29,33-34H,4,6,11-14,17H2,1-3H3/t25-,28+/m1/s1. The number of benzene rings is 2. The monoisotopic (exact) mass is 506 g/mol. The number of nitrogens with zero attached hydrogens (tertiary/aromatic N) is 3. The minimum absolute atomic E-state index is 0.0617. The molecule has 2 atom stereocenters. The van der Waals surface area contributed by atoms with Gasteiger partial charge in [0, 0.05) is 36.1 Å². The third kappa shape index (κ3) is 4.22. The number of hydrogen-bond donors (Lipinski definition) is 3. The number of carbonyl (C=O) groups excluding carboxylic acids is 2. The molecule has 37 heavy (non-hydrogen) atoms. The van der Waals surface area contributed by atoms with Gasteiger partial charge in [0.2, 0.25) is 0 Å². The minimum atomic E-state index is -1.08. The molecule has 9 nitrogen and oxygen atoms in total. The maximum absolute atomic E-state index is 13.9. The van der Waals surface area contributed by atoms with Crippen molar-refractivity contribution >= 4 is 22.8 Å². The Kier molecular flexibility index (Phi) is 6.59. The number of likely N-dealkylation sites (N-methyl/N-ethyl adjacent to an activating group) is 1. The van der Waals surface area contributed by atoms with Gasteiger partial charge in [0.15, 0.2) is 0 Å². The van der Waals surface area contributed by atoms with Crippen LogP contribution in [0.15, 0.2) is 42.5 Å². The average molecular weight is 507 g/mol. The summed E-state index contributed by atoms with van der Waals surface area (Å²) in [6.45, 7) is 5.89. The number of aromatic nitrogens is 1. The Balaban J connectivity index is 1.58. The first-order valence-corrected chi connectivity index (χ1v) is 12.8. The van der Waals surface area contributed by atoms with E-state index in [1.165, 1.54) is 4.90 Å². The molecule has 0 saturated carbocycles. The van der Waals surface area contributed by atoms with Crippen LogP contribution in [0.5, 0.6) is 11.5 Å². The molecule has 3 amide bonds. The molecule has 2 aromatic carbocycles. The Morgan fingerprint density at radius 1 is 1.19 bits per heavy atom. The van der Waals surface area contributed by atoms with Crippen molar-refractivity contribution in [2.24, 2.45) is 0 Å². The lowest BCUT2D eigenvalue weighted by Gasteiger charge is -2.42. The summed E-state index contributed by atoms with van der Waals surface area (Å²) in [5, 5.41) is 20.4. The highest BCUT2D eigenvalue weighted by molar-refractivity contribution is 6.08. The molecule has 3 heterocycles. The predicted octanol–water partition coefficient (Wildman–Crippen LogP) is 3.25. The molecule has 0 spiro atoms. The van der Waals surface area contributed by atoms with E-state index in [2.05, 4.69) is 4.98 Å². The van der Waals surface area contributed by atoms with Crippen LogP contribution in [0.3, 0.4) is 0 Å². The van der Waals surface area contributed by atoms with Crippen molar-refractivity contribution in [1.29, 1.82) is 0 Å². The normalized spacial score (nSPS) is 21.2. The van der Waals surface area contributed by atoms with Crippen molar-refractivity contribution in [1.82, 2.24) is 19.7 Å². The fourth-order valence-corrected chi connectivity index (χ4v) is 5.77. The van der Waals surface area contributed by atoms with Crippen LogP contribution >= 0.6 is 0 Å². The summed E-state index contributed by atoms with van der Waals surface area (Å²) in [6.07, 6.45) is 0.985. The van der Waals surface area contributed by atoms with Crippen molar-refractivity contribution in [2.75, 3.05) is 39.9 Å². The van der Waals surface area contributed by atoms with E-state index in [4.69, 9.17) is 9.84 Å². The van der Waals surface area contributed by atoms with Crippen molar-refractivity contribution < 1.29 is 24.5 Å². The van der Waals surface area contributed by atoms with E-state index in [0.717, 1.165) is 33.5 Å². The molecule has 2 aliphatic rings. The summed E-state index contributed by atoms with van der Waals surface area (Å²) in [5.41, 5.74) is 2.39. The van der Waals surface area contributed by atoms with Crippen LogP contribution in [-0.4, -0.2) is 87.3 Å². The third-order valence-electron chi connectivity index (χ3n) is 7.54. The molecule has 196 valence electrons. The van der Waals surface area contributed by atoms with Gasteiger partial charge >= 0.3 is 6.03 Å². The van der Waals surface area contributed by atoms with Crippen LogP contribution in [0, 0.1) is 0 Å². The Labute approximate surface area is 216 Å². The molecule has 2 aliphatic heterocycles. The number of hydrogen-bond acceptors (Lipinski definition) is 6. The SMILES string of the molecule is CCOc1ccc2[nH]c3c(c2c1)C[C@@]1(C)C(=O)N(CCCN(C)CCO)C(=O)N1[C@@H]3c1cccc(O)c1. The topological polar surface area (TPSA) is 109 Å². The van der Waals surface area contributed by atoms with Gasteiger partial charge in [0.05, 0.1) is 13.2 Å². The van der Waals surface area contributed by atoms with Gasteiger partial charge in [-0.2, -0.15) is 0 Å². The highest BCUT2D eigenvalue weighted by Gasteiger charge is 2.60. The fraction of sp³-hybridized carbons (Fsp3) is 0.429. The number of aromatic amines is 1. The number of rotatable bonds is 9. The molecule has 0 aliphatic carbocycles. The van der Waals surface area contributed by atoms with Crippen LogP contribution in [0.1, 0.15) is 43.1 Å². The molecule has 1 fully saturated rings. The largest absolute Gasteiger partial charge is 0.508 e.